The molecule has 31 heavy (non-hydrogen) atoms. The van der Waals surface area contributed by atoms with Gasteiger partial charge in [0.2, 0.25) is 0 Å². The third kappa shape index (κ3) is 4.83. The zero-order valence-corrected chi connectivity index (χ0v) is 19.0. The zero-order valence-electron chi connectivity index (χ0n) is 19.0. The van der Waals surface area contributed by atoms with Gasteiger partial charge in [0.1, 0.15) is 0 Å². The van der Waals surface area contributed by atoms with E-state index in [0.29, 0.717) is 35.6 Å². The maximum absolute atomic E-state index is 13.4. The molecule has 3 unspecified atom stereocenters. The molecule has 0 bridgehead atoms. The molecule has 2 heterocycles. The van der Waals surface area contributed by atoms with Gasteiger partial charge in [-0.25, -0.2) is 0 Å². The smallest absolute Gasteiger partial charge is 0.260 e. The highest BCUT2D eigenvalue weighted by Crippen LogP contribution is 2.40. The van der Waals surface area contributed by atoms with E-state index < -0.39 is 0 Å². The van der Waals surface area contributed by atoms with Crippen molar-refractivity contribution in [2.75, 3.05) is 26.3 Å². The van der Waals surface area contributed by atoms with Crippen LogP contribution >= 0.6 is 0 Å². The number of carbonyl (C=O) groups is 2. The average Bonchev–Trinajstić information content (AvgIpc) is 3.14. The van der Waals surface area contributed by atoms with E-state index in [-0.39, 0.29) is 24.5 Å². The van der Waals surface area contributed by atoms with Crippen LogP contribution in [-0.2, 0) is 4.79 Å². The summed E-state index contributed by atoms with van der Waals surface area (Å²) >= 11 is 0. The SMILES string of the molecule is CCOc1cc(C(=O)N2C(C)CC3CCCCC32)ccc1OCC(=O)N1CCCCC1. The van der Waals surface area contributed by atoms with Crippen molar-refractivity contribution in [3.05, 3.63) is 23.8 Å². The quantitative estimate of drug-likeness (QED) is 0.679. The first kappa shape index (κ1) is 22.0. The number of nitrogens with zero attached hydrogens (tertiary/aromatic N) is 2. The van der Waals surface area contributed by atoms with Crippen molar-refractivity contribution >= 4 is 11.8 Å². The van der Waals surface area contributed by atoms with E-state index in [1.54, 1.807) is 12.1 Å². The number of hydrogen-bond donors (Lipinski definition) is 0. The number of rotatable bonds is 6. The molecule has 0 radical (unpaired) electrons. The Balaban J connectivity index is 1.46. The second kappa shape index (κ2) is 9.92. The fraction of sp³-hybridized carbons (Fsp3) is 0.680. The molecule has 3 fully saturated rings. The monoisotopic (exact) mass is 428 g/mol. The number of likely N-dealkylation sites (tertiary alicyclic amines) is 2. The second-order valence-corrected chi connectivity index (χ2v) is 9.23. The van der Waals surface area contributed by atoms with Crippen molar-refractivity contribution < 1.29 is 19.1 Å². The summed E-state index contributed by atoms with van der Waals surface area (Å²) < 4.78 is 11.6. The lowest BCUT2D eigenvalue weighted by Gasteiger charge is -2.33. The molecule has 3 aliphatic rings. The van der Waals surface area contributed by atoms with E-state index in [0.717, 1.165) is 38.8 Å². The largest absolute Gasteiger partial charge is 0.490 e. The fourth-order valence-corrected chi connectivity index (χ4v) is 5.61. The van der Waals surface area contributed by atoms with Crippen molar-refractivity contribution in [2.45, 2.75) is 77.3 Å². The van der Waals surface area contributed by atoms with Gasteiger partial charge in [0.15, 0.2) is 18.1 Å². The predicted molar refractivity (Wildman–Crippen MR) is 120 cm³/mol. The van der Waals surface area contributed by atoms with Crippen molar-refractivity contribution in [1.82, 2.24) is 9.80 Å². The molecule has 2 aliphatic heterocycles. The van der Waals surface area contributed by atoms with Crippen LogP contribution in [0.25, 0.3) is 0 Å². The first-order chi connectivity index (χ1) is 15.1. The Morgan fingerprint density at radius 2 is 1.77 bits per heavy atom. The van der Waals surface area contributed by atoms with E-state index in [9.17, 15) is 9.59 Å². The molecular weight excluding hydrogens is 392 g/mol. The number of fused-ring (bicyclic) bond motifs is 1. The highest BCUT2D eigenvalue weighted by atomic mass is 16.5. The Bertz CT molecular complexity index is 790. The van der Waals surface area contributed by atoms with Crippen LogP contribution in [0.4, 0.5) is 0 Å². The lowest BCUT2D eigenvalue weighted by Crippen LogP contribution is -2.42. The van der Waals surface area contributed by atoms with Gasteiger partial charge in [-0.1, -0.05) is 12.8 Å². The molecule has 1 saturated carbocycles. The number of carbonyl (C=O) groups excluding carboxylic acids is 2. The Morgan fingerprint density at radius 1 is 1.00 bits per heavy atom. The van der Waals surface area contributed by atoms with Gasteiger partial charge in [0, 0.05) is 30.7 Å². The first-order valence-corrected chi connectivity index (χ1v) is 12.1. The minimum atomic E-state index is 0.000278. The number of hydrogen-bond acceptors (Lipinski definition) is 4. The molecular formula is C25H36N2O4. The van der Waals surface area contributed by atoms with Crippen molar-refractivity contribution in [3.63, 3.8) is 0 Å². The van der Waals surface area contributed by atoms with Crippen LogP contribution in [0.5, 0.6) is 11.5 Å². The minimum Gasteiger partial charge on any atom is -0.490 e. The van der Waals surface area contributed by atoms with Gasteiger partial charge in [-0.15, -0.1) is 0 Å². The summed E-state index contributed by atoms with van der Waals surface area (Å²) in [5.41, 5.74) is 0.635. The number of piperidine rings is 1. The first-order valence-electron chi connectivity index (χ1n) is 12.1. The summed E-state index contributed by atoms with van der Waals surface area (Å²) in [5.74, 6) is 1.79. The second-order valence-electron chi connectivity index (χ2n) is 9.23. The fourth-order valence-electron chi connectivity index (χ4n) is 5.61. The van der Waals surface area contributed by atoms with Crippen LogP contribution in [0.3, 0.4) is 0 Å². The lowest BCUT2D eigenvalue weighted by molar-refractivity contribution is -0.134. The number of amides is 2. The highest BCUT2D eigenvalue weighted by Gasteiger charge is 2.42. The third-order valence-electron chi connectivity index (χ3n) is 7.13. The molecule has 1 aliphatic carbocycles. The molecule has 0 spiro atoms. The molecule has 1 aromatic carbocycles. The molecule has 2 amide bonds. The molecule has 6 nitrogen and oxygen atoms in total. The summed E-state index contributed by atoms with van der Waals surface area (Å²) in [4.78, 5) is 29.9. The summed E-state index contributed by atoms with van der Waals surface area (Å²) in [5, 5.41) is 0. The van der Waals surface area contributed by atoms with Gasteiger partial charge >= 0.3 is 0 Å². The Morgan fingerprint density at radius 3 is 2.55 bits per heavy atom. The third-order valence-corrected chi connectivity index (χ3v) is 7.13. The van der Waals surface area contributed by atoms with Gasteiger partial charge in [-0.3, -0.25) is 9.59 Å². The molecule has 1 aromatic rings. The van der Waals surface area contributed by atoms with Crippen LogP contribution in [0.15, 0.2) is 18.2 Å². The maximum Gasteiger partial charge on any atom is 0.260 e. The Kier molecular flexibility index (Phi) is 7.03. The van der Waals surface area contributed by atoms with Gasteiger partial charge < -0.3 is 19.3 Å². The van der Waals surface area contributed by atoms with E-state index >= 15 is 0 Å². The van der Waals surface area contributed by atoms with Crippen LogP contribution in [0, 0.1) is 5.92 Å². The van der Waals surface area contributed by atoms with Gasteiger partial charge in [0.25, 0.3) is 11.8 Å². The van der Waals surface area contributed by atoms with E-state index in [2.05, 4.69) is 11.8 Å². The molecule has 4 rings (SSSR count). The predicted octanol–water partition coefficient (Wildman–Crippen LogP) is 4.27. The van der Waals surface area contributed by atoms with Gasteiger partial charge in [-0.05, 0) is 76.5 Å². The van der Waals surface area contributed by atoms with Crippen LogP contribution in [-0.4, -0.2) is 60.0 Å². The van der Waals surface area contributed by atoms with Crippen LogP contribution in [0.1, 0.15) is 75.6 Å². The normalized spacial score (nSPS) is 25.8. The van der Waals surface area contributed by atoms with Crippen molar-refractivity contribution in [2.24, 2.45) is 5.92 Å². The molecule has 0 N–H and O–H groups in total. The summed E-state index contributed by atoms with van der Waals surface area (Å²) in [7, 11) is 0. The zero-order chi connectivity index (χ0) is 21.8. The van der Waals surface area contributed by atoms with Crippen LogP contribution in [0.2, 0.25) is 0 Å². The minimum absolute atomic E-state index is 0.000278. The topological polar surface area (TPSA) is 59.1 Å². The van der Waals surface area contributed by atoms with Gasteiger partial charge in [0.05, 0.1) is 6.61 Å². The highest BCUT2D eigenvalue weighted by molar-refractivity contribution is 5.95. The van der Waals surface area contributed by atoms with Crippen molar-refractivity contribution in [1.29, 1.82) is 0 Å². The summed E-state index contributed by atoms with van der Waals surface area (Å²) in [6.07, 6.45) is 9.25. The van der Waals surface area contributed by atoms with Crippen molar-refractivity contribution in [3.8, 4) is 11.5 Å². The molecule has 3 atom stereocenters. The maximum atomic E-state index is 13.4. The van der Waals surface area contributed by atoms with E-state index in [1.807, 2.05) is 17.9 Å². The Labute approximate surface area is 185 Å². The lowest BCUT2D eigenvalue weighted by atomic mass is 9.85. The summed E-state index contributed by atoms with van der Waals surface area (Å²) in [6, 6.07) is 6.02. The van der Waals surface area contributed by atoms with E-state index in [4.69, 9.17) is 9.47 Å². The van der Waals surface area contributed by atoms with Gasteiger partial charge in [-0.2, -0.15) is 0 Å². The number of benzene rings is 1. The molecule has 0 aromatic heterocycles. The van der Waals surface area contributed by atoms with Crippen LogP contribution < -0.4 is 9.47 Å². The average molecular weight is 429 g/mol. The Hall–Kier alpha value is -2.24. The number of ether oxygens (including phenoxy) is 2. The summed E-state index contributed by atoms with van der Waals surface area (Å²) in [6.45, 7) is 6.17. The molecule has 2 saturated heterocycles. The standard InChI is InChI=1S/C25H36N2O4/c1-3-30-23-16-20(25(29)27-18(2)15-19-9-5-6-10-21(19)27)11-12-22(23)31-17-24(28)26-13-7-4-8-14-26/h11-12,16,18-19,21H,3-10,13-15,17H2,1-2H3. The molecule has 6 heteroatoms. The molecule has 170 valence electrons. The van der Waals surface area contributed by atoms with E-state index in [1.165, 1.54) is 25.7 Å².